The van der Waals surface area contributed by atoms with Gasteiger partial charge in [0.1, 0.15) is 5.76 Å². The van der Waals surface area contributed by atoms with Gasteiger partial charge in [0.05, 0.1) is 11.2 Å². The van der Waals surface area contributed by atoms with Crippen molar-refractivity contribution in [2.24, 2.45) is 0 Å². The molecule has 1 radical (unpaired) electrons. The van der Waals surface area contributed by atoms with Gasteiger partial charge in [-0.3, -0.25) is 0 Å². The van der Waals surface area contributed by atoms with Crippen LogP contribution in [0.2, 0.25) is 0 Å². The van der Waals surface area contributed by atoms with Crippen molar-refractivity contribution in [3.05, 3.63) is 72.8 Å². The Morgan fingerprint density at radius 3 is 2.22 bits per heavy atom. The number of hydrogen-bond donors (Lipinski definition) is 0. The Morgan fingerprint density at radius 1 is 0.957 bits per heavy atom. The van der Waals surface area contributed by atoms with Gasteiger partial charge in [0.15, 0.2) is 9.84 Å². The SMILES string of the molecule is C[CH]c1ccc(S(C)(=O)=O)c(-c2ccc(-c3ccco3)cc2)c1. The maximum Gasteiger partial charge on any atom is 0.176 e. The zero-order valence-electron chi connectivity index (χ0n) is 13.0. The van der Waals surface area contributed by atoms with E-state index in [1.54, 1.807) is 12.3 Å². The summed E-state index contributed by atoms with van der Waals surface area (Å²) in [5.41, 5.74) is 3.53. The molecule has 1 heterocycles. The minimum absolute atomic E-state index is 0.342. The Bertz CT molecular complexity index is 906. The quantitative estimate of drug-likeness (QED) is 0.705. The van der Waals surface area contributed by atoms with Crippen molar-refractivity contribution in [1.82, 2.24) is 0 Å². The molecule has 0 saturated carbocycles. The average molecular weight is 325 g/mol. The van der Waals surface area contributed by atoms with E-state index in [1.807, 2.05) is 61.9 Å². The first-order chi connectivity index (χ1) is 11.0. The summed E-state index contributed by atoms with van der Waals surface area (Å²) in [6, 6.07) is 16.8. The molecule has 117 valence electrons. The molecule has 1 aromatic heterocycles. The summed E-state index contributed by atoms with van der Waals surface area (Å²) in [6.45, 7) is 1.93. The van der Waals surface area contributed by atoms with Crippen LogP contribution in [0.1, 0.15) is 12.5 Å². The minimum atomic E-state index is -3.29. The summed E-state index contributed by atoms with van der Waals surface area (Å²) >= 11 is 0. The summed E-state index contributed by atoms with van der Waals surface area (Å²) in [6.07, 6.45) is 4.82. The van der Waals surface area contributed by atoms with E-state index in [1.165, 1.54) is 6.26 Å². The topological polar surface area (TPSA) is 47.3 Å². The minimum Gasteiger partial charge on any atom is -0.464 e. The highest BCUT2D eigenvalue weighted by atomic mass is 32.2. The molecule has 0 spiro atoms. The number of sulfone groups is 1. The largest absolute Gasteiger partial charge is 0.464 e. The van der Waals surface area contributed by atoms with Gasteiger partial charge in [-0.2, -0.15) is 0 Å². The highest BCUT2D eigenvalue weighted by molar-refractivity contribution is 7.90. The van der Waals surface area contributed by atoms with Crippen molar-refractivity contribution in [2.45, 2.75) is 11.8 Å². The smallest absolute Gasteiger partial charge is 0.176 e. The standard InChI is InChI=1S/C19H17O3S/c1-3-14-6-11-19(23(2,20)21)17(13-14)15-7-9-16(10-8-15)18-5-4-12-22-18/h3-13H,1-2H3. The van der Waals surface area contributed by atoms with E-state index >= 15 is 0 Å². The fourth-order valence-corrected chi connectivity index (χ4v) is 3.42. The van der Waals surface area contributed by atoms with Crippen molar-refractivity contribution in [3.63, 3.8) is 0 Å². The Hall–Kier alpha value is -2.33. The third-order valence-corrected chi connectivity index (χ3v) is 4.89. The highest BCUT2D eigenvalue weighted by Crippen LogP contribution is 2.31. The van der Waals surface area contributed by atoms with Gasteiger partial charge in [-0.05, 0) is 41.8 Å². The van der Waals surface area contributed by atoms with Gasteiger partial charge in [0.2, 0.25) is 0 Å². The molecule has 0 aliphatic rings. The van der Waals surface area contributed by atoms with E-state index in [-0.39, 0.29) is 0 Å². The van der Waals surface area contributed by atoms with Crippen LogP contribution in [0.3, 0.4) is 0 Å². The first-order valence-corrected chi connectivity index (χ1v) is 9.16. The molecule has 0 atom stereocenters. The Balaban J connectivity index is 2.10. The van der Waals surface area contributed by atoms with Crippen LogP contribution in [0, 0.1) is 6.42 Å². The monoisotopic (exact) mass is 325 g/mol. The van der Waals surface area contributed by atoms with Crippen LogP contribution >= 0.6 is 0 Å². The van der Waals surface area contributed by atoms with Crippen LogP contribution in [0.4, 0.5) is 0 Å². The van der Waals surface area contributed by atoms with Crippen LogP contribution in [-0.2, 0) is 9.84 Å². The molecule has 0 unspecified atom stereocenters. The lowest BCUT2D eigenvalue weighted by atomic mass is 10.0. The molecule has 3 nitrogen and oxygen atoms in total. The van der Waals surface area contributed by atoms with Gasteiger partial charge in [-0.1, -0.05) is 37.3 Å². The summed E-state index contributed by atoms with van der Waals surface area (Å²) in [7, 11) is -3.29. The number of rotatable bonds is 4. The van der Waals surface area contributed by atoms with Crippen molar-refractivity contribution in [1.29, 1.82) is 0 Å². The first-order valence-electron chi connectivity index (χ1n) is 7.27. The molecule has 0 aliphatic heterocycles. The maximum atomic E-state index is 12.1. The van der Waals surface area contributed by atoms with Gasteiger partial charge < -0.3 is 4.42 Å². The molecule has 4 heteroatoms. The molecule has 0 fully saturated rings. The van der Waals surface area contributed by atoms with Gasteiger partial charge in [-0.15, -0.1) is 0 Å². The Morgan fingerprint density at radius 2 is 1.65 bits per heavy atom. The molecule has 0 bridgehead atoms. The van der Waals surface area contributed by atoms with Crippen molar-refractivity contribution in [3.8, 4) is 22.5 Å². The average Bonchev–Trinajstić information content (AvgIpc) is 3.08. The molecule has 0 N–H and O–H groups in total. The maximum absolute atomic E-state index is 12.1. The molecular formula is C19H17O3S. The lowest BCUT2D eigenvalue weighted by Crippen LogP contribution is -2.00. The van der Waals surface area contributed by atoms with E-state index < -0.39 is 9.84 Å². The fourth-order valence-electron chi connectivity index (χ4n) is 2.53. The van der Waals surface area contributed by atoms with Crippen LogP contribution in [-0.4, -0.2) is 14.7 Å². The predicted molar refractivity (Wildman–Crippen MR) is 91.8 cm³/mol. The first kappa shape index (κ1) is 15.6. The molecular weight excluding hydrogens is 308 g/mol. The van der Waals surface area contributed by atoms with Crippen molar-refractivity contribution in [2.75, 3.05) is 6.26 Å². The number of benzene rings is 2. The van der Waals surface area contributed by atoms with Gasteiger partial charge in [-0.25, -0.2) is 8.42 Å². The van der Waals surface area contributed by atoms with E-state index in [9.17, 15) is 8.42 Å². The molecule has 0 amide bonds. The number of furan rings is 1. The van der Waals surface area contributed by atoms with E-state index in [0.29, 0.717) is 10.5 Å². The van der Waals surface area contributed by atoms with Crippen LogP contribution in [0.5, 0.6) is 0 Å². The van der Waals surface area contributed by atoms with E-state index in [4.69, 9.17) is 4.42 Å². The zero-order valence-corrected chi connectivity index (χ0v) is 13.8. The molecule has 3 aromatic rings. The van der Waals surface area contributed by atoms with Crippen LogP contribution in [0.25, 0.3) is 22.5 Å². The lowest BCUT2D eigenvalue weighted by molar-refractivity contribution is 0.582. The van der Waals surface area contributed by atoms with Crippen LogP contribution < -0.4 is 0 Å². The van der Waals surface area contributed by atoms with E-state index in [0.717, 1.165) is 22.5 Å². The van der Waals surface area contributed by atoms with E-state index in [2.05, 4.69) is 0 Å². The summed E-state index contributed by atoms with van der Waals surface area (Å²) < 4.78 is 29.5. The highest BCUT2D eigenvalue weighted by Gasteiger charge is 2.15. The van der Waals surface area contributed by atoms with Gasteiger partial charge in [0, 0.05) is 17.4 Å². The number of hydrogen-bond acceptors (Lipinski definition) is 3. The van der Waals surface area contributed by atoms with Gasteiger partial charge in [0.25, 0.3) is 0 Å². The second-order valence-electron chi connectivity index (χ2n) is 5.37. The van der Waals surface area contributed by atoms with Gasteiger partial charge >= 0.3 is 0 Å². The van der Waals surface area contributed by atoms with Crippen molar-refractivity contribution >= 4 is 9.84 Å². The third-order valence-electron chi connectivity index (χ3n) is 3.74. The lowest BCUT2D eigenvalue weighted by Gasteiger charge is -2.11. The molecule has 2 aromatic carbocycles. The second kappa shape index (κ2) is 6.05. The summed E-state index contributed by atoms with van der Waals surface area (Å²) in [5.74, 6) is 0.788. The Labute approximate surface area is 136 Å². The fraction of sp³-hybridized carbons (Fsp3) is 0.105. The predicted octanol–water partition coefficient (Wildman–Crippen LogP) is 4.59. The Kier molecular flexibility index (Phi) is 4.09. The summed E-state index contributed by atoms with van der Waals surface area (Å²) in [4.78, 5) is 0.342. The van der Waals surface area contributed by atoms with Crippen LogP contribution in [0.15, 0.2) is 70.2 Å². The zero-order chi connectivity index (χ0) is 16.4. The molecule has 0 aliphatic carbocycles. The third kappa shape index (κ3) is 3.22. The summed E-state index contributed by atoms with van der Waals surface area (Å²) in [5, 5.41) is 0. The molecule has 0 saturated heterocycles. The molecule has 3 rings (SSSR count). The second-order valence-corrected chi connectivity index (χ2v) is 7.36. The van der Waals surface area contributed by atoms with Crippen molar-refractivity contribution < 1.29 is 12.8 Å². The molecule has 23 heavy (non-hydrogen) atoms. The normalized spacial score (nSPS) is 11.6.